The van der Waals surface area contributed by atoms with E-state index in [9.17, 15) is 14.9 Å². The van der Waals surface area contributed by atoms with Crippen LogP contribution in [0.3, 0.4) is 0 Å². The minimum Gasteiger partial charge on any atom is -0.490 e. The largest absolute Gasteiger partial charge is 0.490 e. The second-order valence-electron chi connectivity index (χ2n) is 5.66. The number of benzene rings is 1. The van der Waals surface area contributed by atoms with E-state index in [2.05, 4.69) is 6.92 Å². The Bertz CT molecular complexity index is 533. The molecule has 114 valence electrons. The standard InChI is InChI=1S/C16H21NO4/c1-3-12-4-7-14(8-5-12)21-16-9-6-13(17(19)20)10-15(16)11(2)18/h6,9-10,12,14H,3-5,7-8H2,1-2H3. The first-order valence-corrected chi connectivity index (χ1v) is 7.47. The summed E-state index contributed by atoms with van der Waals surface area (Å²) in [7, 11) is 0. The summed E-state index contributed by atoms with van der Waals surface area (Å²) in [5, 5.41) is 10.8. The number of hydrogen-bond acceptors (Lipinski definition) is 4. The van der Waals surface area contributed by atoms with Crippen molar-refractivity contribution in [1.82, 2.24) is 0 Å². The molecule has 0 atom stereocenters. The number of non-ortho nitro benzene ring substituents is 1. The number of carbonyl (C=O) groups excluding carboxylic acids is 1. The van der Waals surface area contributed by atoms with E-state index >= 15 is 0 Å². The van der Waals surface area contributed by atoms with E-state index in [-0.39, 0.29) is 17.6 Å². The van der Waals surface area contributed by atoms with Crippen molar-refractivity contribution in [3.8, 4) is 5.75 Å². The van der Waals surface area contributed by atoms with Gasteiger partial charge in [-0.1, -0.05) is 13.3 Å². The number of carbonyl (C=O) groups is 1. The van der Waals surface area contributed by atoms with Crippen molar-refractivity contribution >= 4 is 11.5 Å². The van der Waals surface area contributed by atoms with Gasteiger partial charge < -0.3 is 4.74 Å². The predicted molar refractivity (Wildman–Crippen MR) is 79.8 cm³/mol. The summed E-state index contributed by atoms with van der Waals surface area (Å²) in [5.41, 5.74) is 0.212. The third kappa shape index (κ3) is 3.80. The fourth-order valence-corrected chi connectivity index (χ4v) is 2.85. The van der Waals surface area contributed by atoms with Gasteiger partial charge in [-0.15, -0.1) is 0 Å². The molecule has 0 amide bonds. The normalized spacial score (nSPS) is 21.8. The highest BCUT2D eigenvalue weighted by molar-refractivity contribution is 5.97. The van der Waals surface area contributed by atoms with Crippen molar-refractivity contribution in [2.75, 3.05) is 0 Å². The van der Waals surface area contributed by atoms with Gasteiger partial charge in [0.25, 0.3) is 5.69 Å². The molecule has 0 aliphatic heterocycles. The van der Waals surface area contributed by atoms with Gasteiger partial charge in [-0.2, -0.15) is 0 Å². The van der Waals surface area contributed by atoms with E-state index < -0.39 is 4.92 Å². The molecule has 0 bridgehead atoms. The van der Waals surface area contributed by atoms with Crippen LogP contribution in [0.15, 0.2) is 18.2 Å². The lowest BCUT2D eigenvalue weighted by atomic mass is 9.86. The maximum absolute atomic E-state index is 11.7. The van der Waals surface area contributed by atoms with Crippen molar-refractivity contribution in [2.24, 2.45) is 5.92 Å². The Morgan fingerprint density at radius 1 is 1.33 bits per heavy atom. The van der Waals surface area contributed by atoms with E-state index in [0.717, 1.165) is 31.6 Å². The molecule has 1 fully saturated rings. The van der Waals surface area contributed by atoms with Crippen molar-refractivity contribution in [2.45, 2.75) is 52.1 Å². The smallest absolute Gasteiger partial charge is 0.270 e. The third-order valence-electron chi connectivity index (χ3n) is 4.22. The molecule has 5 heteroatoms. The third-order valence-corrected chi connectivity index (χ3v) is 4.22. The first-order chi connectivity index (χ1) is 10.0. The van der Waals surface area contributed by atoms with Gasteiger partial charge in [0, 0.05) is 12.1 Å². The summed E-state index contributed by atoms with van der Waals surface area (Å²) >= 11 is 0. The number of nitro groups is 1. The Hall–Kier alpha value is -1.91. The second kappa shape index (κ2) is 6.70. The quantitative estimate of drug-likeness (QED) is 0.464. The Kier molecular flexibility index (Phi) is 4.94. The van der Waals surface area contributed by atoms with Gasteiger partial charge in [0.05, 0.1) is 16.6 Å². The Morgan fingerprint density at radius 2 is 2.00 bits per heavy atom. The van der Waals surface area contributed by atoms with Gasteiger partial charge in [0.2, 0.25) is 0 Å². The first-order valence-electron chi connectivity index (χ1n) is 7.47. The van der Waals surface area contributed by atoms with Crippen molar-refractivity contribution in [1.29, 1.82) is 0 Å². The molecule has 0 unspecified atom stereocenters. The average molecular weight is 291 g/mol. The van der Waals surface area contributed by atoms with Crippen molar-refractivity contribution in [3.63, 3.8) is 0 Å². The molecule has 0 heterocycles. The molecule has 21 heavy (non-hydrogen) atoms. The van der Waals surface area contributed by atoms with E-state index in [0.29, 0.717) is 11.3 Å². The Morgan fingerprint density at radius 3 is 2.52 bits per heavy atom. The van der Waals surface area contributed by atoms with Crippen LogP contribution in [0.2, 0.25) is 0 Å². The molecule has 1 aromatic rings. The summed E-state index contributed by atoms with van der Waals surface area (Å²) in [6.07, 6.45) is 5.54. The van der Waals surface area contributed by atoms with Crippen molar-refractivity contribution < 1.29 is 14.5 Å². The monoisotopic (exact) mass is 291 g/mol. The van der Waals surface area contributed by atoms with Crippen LogP contribution in [-0.4, -0.2) is 16.8 Å². The maximum Gasteiger partial charge on any atom is 0.270 e. The van der Waals surface area contributed by atoms with Gasteiger partial charge in [-0.3, -0.25) is 14.9 Å². The SMILES string of the molecule is CCC1CCC(Oc2ccc([N+](=O)[O-])cc2C(C)=O)CC1. The van der Waals surface area contributed by atoms with E-state index in [1.54, 1.807) is 6.07 Å². The number of hydrogen-bond donors (Lipinski definition) is 0. The molecule has 0 spiro atoms. The van der Waals surface area contributed by atoms with E-state index in [4.69, 9.17) is 4.74 Å². The molecule has 2 rings (SSSR count). The summed E-state index contributed by atoms with van der Waals surface area (Å²) < 4.78 is 5.93. The lowest BCUT2D eigenvalue weighted by Gasteiger charge is -2.28. The fraction of sp³-hybridized carbons (Fsp3) is 0.562. The number of Topliss-reactive ketones (excluding diaryl/α,β-unsaturated/α-hetero) is 1. The van der Waals surface area contributed by atoms with E-state index in [1.807, 2.05) is 0 Å². The summed E-state index contributed by atoms with van der Waals surface area (Å²) in [4.78, 5) is 22.0. The first kappa shape index (κ1) is 15.5. The number of ether oxygens (including phenoxy) is 1. The highest BCUT2D eigenvalue weighted by Gasteiger charge is 2.23. The average Bonchev–Trinajstić information content (AvgIpc) is 2.48. The van der Waals surface area contributed by atoms with Crippen LogP contribution in [0, 0.1) is 16.0 Å². The van der Waals surface area contributed by atoms with Gasteiger partial charge in [0.1, 0.15) is 5.75 Å². The van der Waals surface area contributed by atoms with Crippen LogP contribution >= 0.6 is 0 Å². The molecule has 0 radical (unpaired) electrons. The molecule has 1 saturated carbocycles. The summed E-state index contributed by atoms with van der Waals surface area (Å²) in [6.45, 7) is 3.61. The Balaban J connectivity index is 2.13. The van der Waals surface area contributed by atoms with Gasteiger partial charge in [0.15, 0.2) is 5.78 Å². The number of nitro benzene ring substituents is 1. The molecular formula is C16H21NO4. The molecule has 1 aliphatic carbocycles. The minimum absolute atomic E-state index is 0.0813. The minimum atomic E-state index is -0.497. The van der Waals surface area contributed by atoms with Crippen LogP contribution in [0.5, 0.6) is 5.75 Å². The lowest BCUT2D eigenvalue weighted by Crippen LogP contribution is -2.24. The lowest BCUT2D eigenvalue weighted by molar-refractivity contribution is -0.384. The van der Waals surface area contributed by atoms with Crippen LogP contribution < -0.4 is 4.74 Å². The van der Waals surface area contributed by atoms with Crippen LogP contribution in [0.1, 0.15) is 56.3 Å². The second-order valence-corrected chi connectivity index (χ2v) is 5.66. The van der Waals surface area contributed by atoms with Gasteiger partial charge in [-0.25, -0.2) is 0 Å². The molecule has 0 saturated heterocycles. The number of nitrogens with zero attached hydrogens (tertiary/aromatic N) is 1. The fourth-order valence-electron chi connectivity index (χ4n) is 2.85. The summed E-state index contributed by atoms with van der Waals surface area (Å²) in [6, 6.07) is 4.23. The van der Waals surface area contributed by atoms with Crippen LogP contribution in [0.4, 0.5) is 5.69 Å². The molecule has 1 aliphatic rings. The maximum atomic E-state index is 11.7. The van der Waals surface area contributed by atoms with E-state index in [1.165, 1.54) is 25.5 Å². The Labute approximate surface area is 124 Å². The number of rotatable bonds is 5. The molecule has 5 nitrogen and oxygen atoms in total. The molecule has 1 aromatic carbocycles. The number of ketones is 1. The summed E-state index contributed by atoms with van der Waals surface area (Å²) in [5.74, 6) is 1.03. The molecule has 0 aromatic heterocycles. The van der Waals surface area contributed by atoms with Crippen LogP contribution in [-0.2, 0) is 0 Å². The zero-order valence-corrected chi connectivity index (χ0v) is 12.5. The zero-order chi connectivity index (χ0) is 15.4. The highest BCUT2D eigenvalue weighted by Crippen LogP contribution is 2.32. The predicted octanol–water partition coefficient (Wildman–Crippen LogP) is 4.15. The van der Waals surface area contributed by atoms with Gasteiger partial charge >= 0.3 is 0 Å². The van der Waals surface area contributed by atoms with Crippen LogP contribution in [0.25, 0.3) is 0 Å². The van der Waals surface area contributed by atoms with Crippen molar-refractivity contribution in [3.05, 3.63) is 33.9 Å². The highest BCUT2D eigenvalue weighted by atomic mass is 16.6. The molecule has 0 N–H and O–H groups in total. The van der Waals surface area contributed by atoms with Gasteiger partial charge in [-0.05, 0) is 44.6 Å². The molecular weight excluding hydrogens is 270 g/mol. The zero-order valence-electron chi connectivity index (χ0n) is 12.5. The topological polar surface area (TPSA) is 69.4 Å².